The van der Waals surface area contributed by atoms with Crippen LogP contribution >= 0.6 is 0 Å². The number of amides is 2. The summed E-state index contributed by atoms with van der Waals surface area (Å²) in [5.41, 5.74) is 0. The molecule has 1 saturated heterocycles. The van der Waals surface area contributed by atoms with E-state index in [1.165, 1.54) is 0 Å². The molecule has 0 aliphatic carbocycles. The molecule has 0 aromatic heterocycles. The van der Waals surface area contributed by atoms with E-state index < -0.39 is 5.97 Å². The lowest BCUT2D eigenvalue weighted by atomic mass is 10.2. The molecule has 1 rings (SSSR count). The molecule has 0 radical (unpaired) electrons. The molecule has 0 aromatic rings. The fourth-order valence-electron chi connectivity index (χ4n) is 2.46. The molecule has 122 valence electrons. The van der Waals surface area contributed by atoms with Gasteiger partial charge in [-0.05, 0) is 27.2 Å². The maximum Gasteiger partial charge on any atom is 0.320 e. The highest BCUT2D eigenvalue weighted by Gasteiger charge is 2.31. The maximum absolute atomic E-state index is 12.6. The summed E-state index contributed by atoms with van der Waals surface area (Å²) in [5, 5.41) is 17.9. The molecule has 2 atom stereocenters. The number of aliphatic hydroxyl groups excluding tert-OH is 1. The Hall–Kier alpha value is -1.34. The van der Waals surface area contributed by atoms with Crippen molar-refractivity contribution >= 4 is 12.0 Å². The molecule has 1 heterocycles. The number of hydrogen-bond donors (Lipinski definition) is 2. The molecule has 2 amide bonds. The molecule has 0 spiro atoms. The number of carboxylic acids is 1. The van der Waals surface area contributed by atoms with Crippen molar-refractivity contribution in [2.24, 2.45) is 0 Å². The van der Waals surface area contributed by atoms with Crippen molar-refractivity contribution in [2.75, 3.05) is 26.2 Å². The van der Waals surface area contributed by atoms with E-state index >= 15 is 0 Å². The van der Waals surface area contributed by atoms with E-state index in [1.54, 1.807) is 9.80 Å². The third-order valence-corrected chi connectivity index (χ3v) is 3.46. The number of hydrogen-bond acceptors (Lipinski definition) is 4. The Morgan fingerprint density at radius 2 is 2.05 bits per heavy atom. The predicted molar refractivity (Wildman–Crippen MR) is 77.1 cm³/mol. The van der Waals surface area contributed by atoms with Crippen molar-refractivity contribution < 1.29 is 24.5 Å². The number of aliphatic hydroxyl groups is 1. The summed E-state index contributed by atoms with van der Waals surface area (Å²) in [7, 11) is 0. The van der Waals surface area contributed by atoms with E-state index in [1.807, 2.05) is 20.8 Å². The largest absolute Gasteiger partial charge is 0.481 e. The lowest BCUT2D eigenvalue weighted by molar-refractivity contribution is -0.137. The molecule has 7 heteroatoms. The van der Waals surface area contributed by atoms with Gasteiger partial charge in [-0.2, -0.15) is 0 Å². The number of nitrogens with zero attached hydrogens (tertiary/aromatic N) is 2. The Kier molecular flexibility index (Phi) is 6.91. The minimum absolute atomic E-state index is 0.00276. The molecule has 1 aliphatic heterocycles. The monoisotopic (exact) mass is 302 g/mol. The van der Waals surface area contributed by atoms with Gasteiger partial charge in [0.15, 0.2) is 0 Å². The van der Waals surface area contributed by atoms with Crippen LogP contribution in [0.4, 0.5) is 4.79 Å². The molecular weight excluding hydrogens is 276 g/mol. The lowest BCUT2D eigenvalue weighted by Crippen LogP contribution is -2.55. The van der Waals surface area contributed by atoms with Crippen LogP contribution in [0.2, 0.25) is 0 Å². The number of rotatable bonds is 6. The molecule has 7 nitrogen and oxygen atoms in total. The van der Waals surface area contributed by atoms with Gasteiger partial charge >= 0.3 is 12.0 Å². The van der Waals surface area contributed by atoms with Crippen molar-refractivity contribution in [3.05, 3.63) is 0 Å². The number of carbonyl (C=O) groups is 2. The van der Waals surface area contributed by atoms with Crippen LogP contribution in [-0.2, 0) is 9.53 Å². The zero-order chi connectivity index (χ0) is 16.0. The zero-order valence-corrected chi connectivity index (χ0v) is 13.0. The summed E-state index contributed by atoms with van der Waals surface area (Å²) in [6, 6.07) is -0.124. The van der Waals surface area contributed by atoms with Crippen molar-refractivity contribution in [1.29, 1.82) is 0 Å². The summed E-state index contributed by atoms with van der Waals surface area (Å²) in [6.07, 6.45) is 0.0105. The number of aliphatic carboxylic acids is 1. The molecule has 0 aromatic carbocycles. The van der Waals surface area contributed by atoms with Crippen LogP contribution in [0.25, 0.3) is 0 Å². The van der Waals surface area contributed by atoms with Crippen molar-refractivity contribution in [1.82, 2.24) is 9.80 Å². The van der Waals surface area contributed by atoms with E-state index in [0.29, 0.717) is 26.1 Å². The number of ether oxygens (including phenoxy) is 1. The second kappa shape index (κ2) is 8.19. The van der Waals surface area contributed by atoms with E-state index in [2.05, 4.69) is 0 Å². The van der Waals surface area contributed by atoms with E-state index in [4.69, 9.17) is 9.84 Å². The molecule has 0 saturated carbocycles. The van der Waals surface area contributed by atoms with Gasteiger partial charge in [0.2, 0.25) is 0 Å². The maximum atomic E-state index is 12.6. The minimum Gasteiger partial charge on any atom is -0.481 e. The van der Waals surface area contributed by atoms with Gasteiger partial charge in [0.1, 0.15) is 0 Å². The average Bonchev–Trinajstić information content (AvgIpc) is 2.41. The Morgan fingerprint density at radius 1 is 1.38 bits per heavy atom. The molecule has 0 bridgehead atoms. The quantitative estimate of drug-likeness (QED) is 0.756. The molecule has 1 fully saturated rings. The molecule has 21 heavy (non-hydrogen) atoms. The highest BCUT2D eigenvalue weighted by molar-refractivity contribution is 5.75. The van der Waals surface area contributed by atoms with Gasteiger partial charge in [-0.25, -0.2) is 4.79 Å². The molecular formula is C14H26N2O5. The number of carbonyl (C=O) groups excluding carboxylic acids is 1. The minimum atomic E-state index is -0.855. The zero-order valence-electron chi connectivity index (χ0n) is 13.0. The molecule has 2 unspecified atom stereocenters. The number of carboxylic acid groups (broad SMARTS) is 1. The number of urea groups is 1. The molecule has 2 N–H and O–H groups in total. The summed E-state index contributed by atoms with van der Waals surface area (Å²) in [6.45, 7) is 6.83. The Balaban J connectivity index is 2.64. The van der Waals surface area contributed by atoms with Gasteiger partial charge in [-0.15, -0.1) is 0 Å². The van der Waals surface area contributed by atoms with Gasteiger partial charge in [0.05, 0.1) is 25.4 Å². The summed E-state index contributed by atoms with van der Waals surface area (Å²) < 4.78 is 5.53. The van der Waals surface area contributed by atoms with Gasteiger partial charge in [-0.3, -0.25) is 4.79 Å². The smallest absolute Gasteiger partial charge is 0.320 e. The Labute approximate surface area is 125 Å². The summed E-state index contributed by atoms with van der Waals surface area (Å²) in [4.78, 5) is 26.5. The van der Waals surface area contributed by atoms with Gasteiger partial charge < -0.3 is 24.7 Å². The SMILES string of the molecule is CC1CN(C(=O)N(CCCC(=O)O)C(C)C)CC(CO)O1. The van der Waals surface area contributed by atoms with Gasteiger partial charge in [0.25, 0.3) is 0 Å². The van der Waals surface area contributed by atoms with Crippen LogP contribution in [0.15, 0.2) is 0 Å². The van der Waals surface area contributed by atoms with E-state index in [9.17, 15) is 14.7 Å². The first-order valence-corrected chi connectivity index (χ1v) is 7.38. The lowest BCUT2D eigenvalue weighted by Gasteiger charge is -2.40. The van der Waals surface area contributed by atoms with Gasteiger partial charge in [-0.1, -0.05) is 0 Å². The summed E-state index contributed by atoms with van der Waals surface area (Å²) in [5.74, 6) is -0.855. The fraction of sp³-hybridized carbons (Fsp3) is 0.857. The van der Waals surface area contributed by atoms with Gasteiger partial charge in [0, 0.05) is 25.6 Å². The normalized spacial score (nSPS) is 22.4. The van der Waals surface area contributed by atoms with Crippen LogP contribution in [0.5, 0.6) is 0 Å². The first-order valence-electron chi connectivity index (χ1n) is 7.38. The van der Waals surface area contributed by atoms with Crippen molar-refractivity contribution in [3.8, 4) is 0 Å². The highest BCUT2D eigenvalue weighted by atomic mass is 16.5. The van der Waals surface area contributed by atoms with Crippen molar-refractivity contribution in [2.45, 2.75) is 51.9 Å². The first-order chi connectivity index (χ1) is 9.85. The highest BCUT2D eigenvalue weighted by Crippen LogP contribution is 2.15. The average molecular weight is 302 g/mol. The van der Waals surface area contributed by atoms with Crippen LogP contribution in [-0.4, -0.2) is 76.5 Å². The van der Waals surface area contributed by atoms with Crippen LogP contribution in [0.1, 0.15) is 33.6 Å². The fourth-order valence-corrected chi connectivity index (χ4v) is 2.46. The van der Waals surface area contributed by atoms with Crippen molar-refractivity contribution in [3.63, 3.8) is 0 Å². The Bertz CT molecular complexity index is 361. The third kappa shape index (κ3) is 5.51. The second-order valence-electron chi connectivity index (χ2n) is 5.72. The Morgan fingerprint density at radius 3 is 2.57 bits per heavy atom. The topological polar surface area (TPSA) is 90.3 Å². The first kappa shape index (κ1) is 17.7. The predicted octanol–water partition coefficient (Wildman–Crippen LogP) is 0.763. The van der Waals surface area contributed by atoms with Crippen LogP contribution < -0.4 is 0 Å². The third-order valence-electron chi connectivity index (χ3n) is 3.46. The van der Waals surface area contributed by atoms with E-state index in [-0.39, 0.29) is 37.3 Å². The standard InChI is InChI=1S/C14H26N2O5/c1-10(2)16(6-4-5-13(18)19)14(20)15-7-11(3)21-12(8-15)9-17/h10-12,17H,4-9H2,1-3H3,(H,18,19). The molecule has 1 aliphatic rings. The van der Waals surface area contributed by atoms with E-state index in [0.717, 1.165) is 0 Å². The number of morpholine rings is 1. The second-order valence-corrected chi connectivity index (χ2v) is 5.72. The van der Waals surface area contributed by atoms with Crippen LogP contribution in [0, 0.1) is 0 Å². The summed E-state index contributed by atoms with van der Waals surface area (Å²) >= 11 is 0. The van der Waals surface area contributed by atoms with Crippen LogP contribution in [0.3, 0.4) is 0 Å².